The molecule has 0 radical (unpaired) electrons. The summed E-state index contributed by atoms with van der Waals surface area (Å²) in [5.41, 5.74) is 0. The minimum atomic E-state index is 0. The minimum Gasteiger partial charge on any atom is -0.320 e. The molecule has 0 aliphatic carbocycles. The lowest BCUT2D eigenvalue weighted by Crippen LogP contribution is -2.28. The second-order valence-corrected chi connectivity index (χ2v) is 3.44. The summed E-state index contributed by atoms with van der Waals surface area (Å²) in [5.74, 6) is 1.00. The van der Waals surface area contributed by atoms with Crippen molar-refractivity contribution in [3.8, 4) is 0 Å². The van der Waals surface area contributed by atoms with Gasteiger partial charge in [-0.25, -0.2) is 0 Å². The molecule has 0 aromatic carbocycles. The van der Waals surface area contributed by atoms with Crippen molar-refractivity contribution in [1.29, 1.82) is 0 Å². The van der Waals surface area contributed by atoms with E-state index < -0.39 is 0 Å². The topological polar surface area (TPSA) is 24.1 Å². The van der Waals surface area contributed by atoms with Gasteiger partial charge in [-0.15, -0.1) is 24.8 Å². The fourth-order valence-electron chi connectivity index (χ4n) is 1.74. The molecule has 4 heteroatoms. The molecule has 1 rings (SSSR count). The number of rotatable bonds is 4. The van der Waals surface area contributed by atoms with Gasteiger partial charge in [0.15, 0.2) is 0 Å². The molecule has 0 aromatic heterocycles. The summed E-state index contributed by atoms with van der Waals surface area (Å²) in [7, 11) is 2.03. The molecule has 0 amide bonds. The first kappa shape index (κ1) is 15.9. The van der Waals surface area contributed by atoms with E-state index in [1.54, 1.807) is 0 Å². The maximum absolute atomic E-state index is 3.39. The lowest BCUT2D eigenvalue weighted by molar-refractivity contribution is 0.346. The van der Waals surface area contributed by atoms with Crippen molar-refractivity contribution >= 4 is 24.8 Å². The number of hydrogen-bond donors (Lipinski definition) is 2. The van der Waals surface area contributed by atoms with Gasteiger partial charge < -0.3 is 10.6 Å². The van der Waals surface area contributed by atoms with E-state index in [0.717, 1.165) is 5.92 Å². The Hall–Kier alpha value is 0.500. The Bertz CT molecular complexity index is 95.6. The highest BCUT2D eigenvalue weighted by atomic mass is 35.5. The maximum Gasteiger partial charge on any atom is -0.00463 e. The minimum absolute atomic E-state index is 0. The molecule has 0 saturated carbocycles. The second-order valence-electron chi connectivity index (χ2n) is 3.44. The Morgan fingerprint density at radius 2 is 1.85 bits per heavy atom. The summed E-state index contributed by atoms with van der Waals surface area (Å²) in [6.45, 7) is 3.67. The molecule has 0 unspecified atom stereocenters. The summed E-state index contributed by atoms with van der Waals surface area (Å²) in [6.07, 6.45) is 5.55. The number of piperidine rings is 1. The lowest BCUT2D eigenvalue weighted by Gasteiger charge is -2.22. The van der Waals surface area contributed by atoms with Crippen LogP contribution < -0.4 is 10.6 Å². The molecule has 0 spiro atoms. The average molecular weight is 229 g/mol. The van der Waals surface area contributed by atoms with Crippen molar-refractivity contribution in [2.75, 3.05) is 26.7 Å². The molecular formula is C9H22Cl2N2. The van der Waals surface area contributed by atoms with E-state index >= 15 is 0 Å². The Kier molecular flexibility index (Phi) is 13.0. The van der Waals surface area contributed by atoms with Crippen LogP contribution in [-0.4, -0.2) is 26.7 Å². The Labute approximate surface area is 94.1 Å². The average Bonchev–Trinajstić information content (AvgIpc) is 2.07. The Balaban J connectivity index is 0. The molecule has 13 heavy (non-hydrogen) atoms. The molecule has 2 N–H and O–H groups in total. The SMILES string of the molecule is CNCCCC1CCNCC1.Cl.Cl. The molecule has 82 valence electrons. The predicted molar refractivity (Wildman–Crippen MR) is 63.3 cm³/mol. The van der Waals surface area contributed by atoms with E-state index in [1.807, 2.05) is 7.05 Å². The van der Waals surface area contributed by atoms with Crippen LogP contribution in [0, 0.1) is 5.92 Å². The van der Waals surface area contributed by atoms with E-state index in [2.05, 4.69) is 10.6 Å². The first-order chi connectivity index (χ1) is 5.43. The Morgan fingerprint density at radius 3 is 2.38 bits per heavy atom. The van der Waals surface area contributed by atoms with Gasteiger partial charge in [-0.1, -0.05) is 0 Å². The van der Waals surface area contributed by atoms with E-state index in [1.165, 1.54) is 45.3 Å². The van der Waals surface area contributed by atoms with Crippen molar-refractivity contribution in [3.63, 3.8) is 0 Å². The summed E-state index contributed by atoms with van der Waals surface area (Å²) < 4.78 is 0. The van der Waals surface area contributed by atoms with Crippen molar-refractivity contribution in [3.05, 3.63) is 0 Å². The molecular weight excluding hydrogens is 207 g/mol. The molecule has 1 saturated heterocycles. The summed E-state index contributed by atoms with van der Waals surface area (Å²) in [6, 6.07) is 0. The van der Waals surface area contributed by atoms with Gasteiger partial charge in [0, 0.05) is 0 Å². The fourth-order valence-corrected chi connectivity index (χ4v) is 1.74. The van der Waals surface area contributed by atoms with Gasteiger partial charge in [-0.05, 0) is 58.3 Å². The van der Waals surface area contributed by atoms with Gasteiger partial charge in [0.05, 0.1) is 0 Å². The zero-order valence-corrected chi connectivity index (χ0v) is 9.98. The first-order valence-corrected chi connectivity index (χ1v) is 4.79. The van der Waals surface area contributed by atoms with Crippen molar-refractivity contribution in [2.45, 2.75) is 25.7 Å². The maximum atomic E-state index is 3.39. The van der Waals surface area contributed by atoms with Crippen LogP contribution in [0.2, 0.25) is 0 Å². The largest absolute Gasteiger partial charge is 0.320 e. The van der Waals surface area contributed by atoms with Crippen LogP contribution in [0.15, 0.2) is 0 Å². The highest BCUT2D eigenvalue weighted by molar-refractivity contribution is 5.85. The standard InChI is InChI=1S/C9H20N2.2ClH/c1-10-6-2-3-9-4-7-11-8-5-9;;/h9-11H,2-8H2,1H3;2*1H. The molecule has 1 aliphatic heterocycles. The molecule has 0 bridgehead atoms. The monoisotopic (exact) mass is 228 g/mol. The summed E-state index contributed by atoms with van der Waals surface area (Å²) in [4.78, 5) is 0. The van der Waals surface area contributed by atoms with Crippen LogP contribution in [0.25, 0.3) is 0 Å². The molecule has 1 heterocycles. The van der Waals surface area contributed by atoms with Gasteiger partial charge in [-0.3, -0.25) is 0 Å². The van der Waals surface area contributed by atoms with E-state index in [4.69, 9.17) is 0 Å². The Morgan fingerprint density at radius 1 is 1.23 bits per heavy atom. The molecule has 0 atom stereocenters. The van der Waals surface area contributed by atoms with Crippen LogP contribution in [0.3, 0.4) is 0 Å². The quantitative estimate of drug-likeness (QED) is 0.719. The zero-order chi connectivity index (χ0) is 7.94. The third kappa shape index (κ3) is 7.56. The van der Waals surface area contributed by atoms with Crippen LogP contribution in [-0.2, 0) is 0 Å². The van der Waals surface area contributed by atoms with Crippen LogP contribution in [0.1, 0.15) is 25.7 Å². The molecule has 1 fully saturated rings. The van der Waals surface area contributed by atoms with Crippen LogP contribution in [0.4, 0.5) is 0 Å². The molecule has 1 aliphatic rings. The first-order valence-electron chi connectivity index (χ1n) is 4.79. The fraction of sp³-hybridized carbons (Fsp3) is 1.00. The van der Waals surface area contributed by atoms with Gasteiger partial charge in [0.1, 0.15) is 0 Å². The van der Waals surface area contributed by atoms with Crippen molar-refractivity contribution < 1.29 is 0 Å². The zero-order valence-electron chi connectivity index (χ0n) is 8.34. The normalized spacial score (nSPS) is 17.3. The summed E-state index contributed by atoms with van der Waals surface area (Å²) in [5, 5.41) is 6.58. The number of nitrogens with one attached hydrogen (secondary N) is 2. The van der Waals surface area contributed by atoms with E-state index in [0.29, 0.717) is 0 Å². The highest BCUT2D eigenvalue weighted by Gasteiger charge is 2.11. The van der Waals surface area contributed by atoms with E-state index in [-0.39, 0.29) is 24.8 Å². The third-order valence-electron chi connectivity index (χ3n) is 2.50. The molecule has 2 nitrogen and oxygen atoms in total. The highest BCUT2D eigenvalue weighted by Crippen LogP contribution is 2.16. The van der Waals surface area contributed by atoms with E-state index in [9.17, 15) is 0 Å². The summed E-state index contributed by atoms with van der Waals surface area (Å²) >= 11 is 0. The number of halogens is 2. The number of hydrogen-bond acceptors (Lipinski definition) is 2. The van der Waals surface area contributed by atoms with Crippen LogP contribution in [0.5, 0.6) is 0 Å². The molecule has 0 aromatic rings. The van der Waals surface area contributed by atoms with Crippen LogP contribution >= 0.6 is 24.8 Å². The second kappa shape index (κ2) is 10.6. The van der Waals surface area contributed by atoms with Crippen molar-refractivity contribution in [2.24, 2.45) is 5.92 Å². The van der Waals surface area contributed by atoms with Gasteiger partial charge >= 0.3 is 0 Å². The lowest BCUT2D eigenvalue weighted by atomic mass is 9.93. The van der Waals surface area contributed by atoms with Gasteiger partial charge in [0.2, 0.25) is 0 Å². The van der Waals surface area contributed by atoms with Crippen molar-refractivity contribution in [1.82, 2.24) is 10.6 Å². The third-order valence-corrected chi connectivity index (χ3v) is 2.50. The van der Waals surface area contributed by atoms with Gasteiger partial charge in [0.25, 0.3) is 0 Å². The smallest absolute Gasteiger partial charge is 0.00463 e. The van der Waals surface area contributed by atoms with Gasteiger partial charge in [-0.2, -0.15) is 0 Å². The predicted octanol–water partition coefficient (Wildman–Crippen LogP) is 1.83.